The Hall–Kier alpha value is -3.02. The SMILES string of the molecule is Oc1cc(OCc2ccccc2)cc(-c2ccc(C(F)(F)F)cn2)c1. The summed E-state index contributed by atoms with van der Waals surface area (Å²) < 4.78 is 43.5. The van der Waals surface area contributed by atoms with E-state index in [4.69, 9.17) is 4.74 Å². The minimum Gasteiger partial charge on any atom is -0.508 e. The van der Waals surface area contributed by atoms with E-state index in [2.05, 4.69) is 4.98 Å². The van der Waals surface area contributed by atoms with Gasteiger partial charge in [0.2, 0.25) is 0 Å². The molecule has 3 nitrogen and oxygen atoms in total. The Labute approximate surface area is 142 Å². The Morgan fingerprint density at radius 2 is 1.72 bits per heavy atom. The topological polar surface area (TPSA) is 42.4 Å². The Morgan fingerprint density at radius 1 is 0.960 bits per heavy atom. The Balaban J connectivity index is 1.81. The zero-order chi connectivity index (χ0) is 17.9. The van der Waals surface area contributed by atoms with E-state index < -0.39 is 11.7 Å². The number of nitrogens with zero attached hydrogens (tertiary/aromatic N) is 1. The molecule has 1 heterocycles. The lowest BCUT2D eigenvalue weighted by atomic mass is 10.1. The number of hydrogen-bond donors (Lipinski definition) is 1. The summed E-state index contributed by atoms with van der Waals surface area (Å²) >= 11 is 0. The highest BCUT2D eigenvalue weighted by Gasteiger charge is 2.30. The number of aromatic hydroxyl groups is 1. The largest absolute Gasteiger partial charge is 0.508 e. The van der Waals surface area contributed by atoms with Crippen molar-refractivity contribution in [2.45, 2.75) is 12.8 Å². The second kappa shape index (κ2) is 6.84. The zero-order valence-electron chi connectivity index (χ0n) is 13.0. The summed E-state index contributed by atoms with van der Waals surface area (Å²) in [4.78, 5) is 3.83. The summed E-state index contributed by atoms with van der Waals surface area (Å²) in [5.74, 6) is 0.350. The van der Waals surface area contributed by atoms with Crippen LogP contribution in [0.15, 0.2) is 66.9 Å². The van der Waals surface area contributed by atoms with Crippen LogP contribution >= 0.6 is 0 Å². The number of hydrogen-bond acceptors (Lipinski definition) is 3. The maximum Gasteiger partial charge on any atom is 0.417 e. The maximum atomic E-state index is 12.6. The summed E-state index contributed by atoms with van der Waals surface area (Å²) in [6, 6.07) is 16.2. The predicted molar refractivity (Wildman–Crippen MR) is 87.1 cm³/mol. The first kappa shape index (κ1) is 16.8. The molecule has 0 bridgehead atoms. The van der Waals surface area contributed by atoms with Gasteiger partial charge in [-0.3, -0.25) is 4.98 Å². The van der Waals surface area contributed by atoms with Crippen LogP contribution < -0.4 is 4.74 Å². The lowest BCUT2D eigenvalue weighted by Gasteiger charge is -2.10. The molecule has 3 rings (SSSR count). The van der Waals surface area contributed by atoms with E-state index in [-0.39, 0.29) is 5.75 Å². The highest BCUT2D eigenvalue weighted by atomic mass is 19.4. The zero-order valence-corrected chi connectivity index (χ0v) is 13.0. The minimum atomic E-state index is -4.44. The molecule has 2 aromatic carbocycles. The van der Waals surface area contributed by atoms with E-state index in [1.54, 1.807) is 6.07 Å². The third-order valence-corrected chi connectivity index (χ3v) is 3.53. The number of pyridine rings is 1. The van der Waals surface area contributed by atoms with Gasteiger partial charge in [0.15, 0.2) is 0 Å². The molecule has 0 aliphatic carbocycles. The summed E-state index contributed by atoms with van der Waals surface area (Å²) in [7, 11) is 0. The molecule has 0 spiro atoms. The number of benzene rings is 2. The van der Waals surface area contributed by atoms with E-state index in [0.29, 0.717) is 23.6 Å². The lowest BCUT2D eigenvalue weighted by Crippen LogP contribution is -2.05. The van der Waals surface area contributed by atoms with Gasteiger partial charge >= 0.3 is 6.18 Å². The fraction of sp³-hybridized carbons (Fsp3) is 0.105. The molecule has 3 aromatic rings. The third-order valence-electron chi connectivity index (χ3n) is 3.53. The van der Waals surface area contributed by atoms with Crippen molar-refractivity contribution in [2.75, 3.05) is 0 Å². The fourth-order valence-corrected chi connectivity index (χ4v) is 2.29. The summed E-state index contributed by atoms with van der Waals surface area (Å²) in [5.41, 5.74) is 0.919. The van der Waals surface area contributed by atoms with Gasteiger partial charge in [0.25, 0.3) is 0 Å². The van der Waals surface area contributed by atoms with Gasteiger partial charge in [-0.15, -0.1) is 0 Å². The summed E-state index contributed by atoms with van der Waals surface area (Å²) in [5, 5.41) is 9.85. The molecular formula is C19H14F3NO2. The molecule has 0 aliphatic heterocycles. The molecular weight excluding hydrogens is 331 g/mol. The third kappa shape index (κ3) is 4.29. The smallest absolute Gasteiger partial charge is 0.417 e. The van der Waals surface area contributed by atoms with E-state index in [0.717, 1.165) is 17.8 Å². The average Bonchev–Trinajstić information content (AvgIpc) is 2.60. The van der Waals surface area contributed by atoms with Crippen LogP contribution in [0, 0.1) is 0 Å². The molecule has 0 aliphatic rings. The fourth-order valence-electron chi connectivity index (χ4n) is 2.29. The summed E-state index contributed by atoms with van der Waals surface area (Å²) in [6.45, 7) is 0.310. The predicted octanol–water partition coefficient (Wildman–Crippen LogP) is 5.05. The van der Waals surface area contributed by atoms with E-state index in [1.807, 2.05) is 30.3 Å². The number of phenolic OH excluding ortho intramolecular Hbond substituents is 1. The Kier molecular flexibility index (Phi) is 4.61. The molecule has 0 radical (unpaired) electrons. The molecule has 1 N–H and O–H groups in total. The van der Waals surface area contributed by atoms with Gasteiger partial charge in [0, 0.05) is 17.8 Å². The number of ether oxygens (including phenoxy) is 1. The van der Waals surface area contributed by atoms with Crippen molar-refractivity contribution in [2.24, 2.45) is 0 Å². The van der Waals surface area contributed by atoms with Crippen LogP contribution in [0.3, 0.4) is 0 Å². The van der Waals surface area contributed by atoms with Crippen LogP contribution in [-0.2, 0) is 12.8 Å². The molecule has 128 valence electrons. The quantitative estimate of drug-likeness (QED) is 0.719. The molecule has 0 fully saturated rings. The van der Waals surface area contributed by atoms with Crippen LogP contribution in [0.2, 0.25) is 0 Å². The van der Waals surface area contributed by atoms with Crippen molar-refractivity contribution in [1.29, 1.82) is 0 Å². The van der Waals surface area contributed by atoms with Crippen LogP contribution in [-0.4, -0.2) is 10.1 Å². The molecule has 0 saturated heterocycles. The number of aromatic nitrogens is 1. The standard InChI is InChI=1S/C19H14F3NO2/c20-19(21,22)15-6-7-18(23-11-15)14-8-16(24)10-17(9-14)25-12-13-4-2-1-3-5-13/h1-11,24H,12H2. The van der Waals surface area contributed by atoms with Crippen molar-refractivity contribution in [3.05, 3.63) is 78.0 Å². The van der Waals surface area contributed by atoms with Gasteiger partial charge in [-0.1, -0.05) is 30.3 Å². The van der Waals surface area contributed by atoms with Crippen molar-refractivity contribution in [3.8, 4) is 22.8 Å². The Bertz CT molecular complexity index is 847. The minimum absolute atomic E-state index is 0.0535. The second-order valence-corrected chi connectivity index (χ2v) is 5.42. The molecule has 25 heavy (non-hydrogen) atoms. The second-order valence-electron chi connectivity index (χ2n) is 5.42. The van der Waals surface area contributed by atoms with Gasteiger partial charge in [0.1, 0.15) is 18.1 Å². The van der Waals surface area contributed by atoms with Crippen molar-refractivity contribution >= 4 is 0 Å². The van der Waals surface area contributed by atoms with Crippen molar-refractivity contribution in [1.82, 2.24) is 4.98 Å². The van der Waals surface area contributed by atoms with E-state index >= 15 is 0 Å². The van der Waals surface area contributed by atoms with E-state index in [1.165, 1.54) is 18.2 Å². The van der Waals surface area contributed by atoms with Crippen LogP contribution in [0.5, 0.6) is 11.5 Å². The number of rotatable bonds is 4. The first-order valence-electron chi connectivity index (χ1n) is 7.46. The van der Waals surface area contributed by atoms with Gasteiger partial charge in [-0.2, -0.15) is 13.2 Å². The molecule has 0 unspecified atom stereocenters. The van der Waals surface area contributed by atoms with E-state index in [9.17, 15) is 18.3 Å². The average molecular weight is 345 g/mol. The van der Waals surface area contributed by atoms with Crippen molar-refractivity contribution < 1.29 is 23.0 Å². The van der Waals surface area contributed by atoms with Crippen LogP contribution in [0.4, 0.5) is 13.2 Å². The lowest BCUT2D eigenvalue weighted by molar-refractivity contribution is -0.137. The molecule has 6 heteroatoms. The van der Waals surface area contributed by atoms with Crippen LogP contribution in [0.25, 0.3) is 11.3 Å². The molecule has 0 saturated carbocycles. The highest BCUT2D eigenvalue weighted by Crippen LogP contribution is 2.32. The van der Waals surface area contributed by atoms with Gasteiger partial charge in [-0.05, 0) is 29.8 Å². The van der Waals surface area contributed by atoms with Gasteiger partial charge in [-0.25, -0.2) is 0 Å². The molecule has 0 amide bonds. The molecule has 0 atom stereocenters. The normalized spacial score (nSPS) is 11.3. The Morgan fingerprint density at radius 3 is 2.36 bits per heavy atom. The number of alkyl halides is 3. The number of halogens is 3. The summed E-state index contributed by atoms with van der Waals surface area (Å²) in [6.07, 6.45) is -3.67. The van der Waals surface area contributed by atoms with Crippen molar-refractivity contribution in [3.63, 3.8) is 0 Å². The first-order chi connectivity index (χ1) is 11.9. The van der Waals surface area contributed by atoms with Gasteiger partial charge in [0.05, 0.1) is 11.3 Å². The highest BCUT2D eigenvalue weighted by molar-refractivity contribution is 5.63. The first-order valence-corrected chi connectivity index (χ1v) is 7.46. The van der Waals surface area contributed by atoms with Crippen LogP contribution in [0.1, 0.15) is 11.1 Å². The number of phenols is 1. The molecule has 1 aromatic heterocycles. The monoisotopic (exact) mass is 345 g/mol. The van der Waals surface area contributed by atoms with Gasteiger partial charge < -0.3 is 9.84 Å². The maximum absolute atomic E-state index is 12.6.